The van der Waals surface area contributed by atoms with Crippen molar-refractivity contribution >= 4 is 27.5 Å². The summed E-state index contributed by atoms with van der Waals surface area (Å²) in [5, 5.41) is 22.4. The molecule has 0 heterocycles. The molecule has 0 bridgehead atoms. The van der Waals surface area contributed by atoms with Gasteiger partial charge in [-0.25, -0.2) is 13.9 Å². The van der Waals surface area contributed by atoms with Gasteiger partial charge in [0.15, 0.2) is 0 Å². The maximum Gasteiger partial charge on any atom is 0.269 e. The summed E-state index contributed by atoms with van der Waals surface area (Å²) in [6.07, 6.45) is 0.920. The van der Waals surface area contributed by atoms with Crippen molar-refractivity contribution < 1.29 is 32.9 Å². The Hall–Kier alpha value is -3.99. The first kappa shape index (κ1) is 29.2. The van der Waals surface area contributed by atoms with Crippen molar-refractivity contribution in [2.24, 2.45) is 0 Å². The summed E-state index contributed by atoms with van der Waals surface area (Å²) in [6, 6.07) is 9.99. The van der Waals surface area contributed by atoms with Crippen molar-refractivity contribution in [1.29, 1.82) is 0 Å². The highest BCUT2D eigenvalue weighted by Gasteiger charge is 2.25. The maximum absolute atomic E-state index is 12.7. The number of amides is 2. The molecule has 0 aliphatic rings. The van der Waals surface area contributed by atoms with Gasteiger partial charge in [-0.15, -0.1) is 5.92 Å². The van der Waals surface area contributed by atoms with E-state index in [4.69, 9.17) is 9.94 Å². The number of nitrogens with one attached hydrogen (secondary N) is 3. The highest BCUT2D eigenvalue weighted by atomic mass is 32.2. The number of unbranched alkanes of at least 4 members (excludes halogenated alkanes) is 1. The zero-order valence-corrected chi connectivity index (χ0v) is 20.9. The third-order valence-corrected chi connectivity index (χ3v) is 6.59. The van der Waals surface area contributed by atoms with Crippen LogP contribution in [0.25, 0.3) is 0 Å². The summed E-state index contributed by atoms with van der Waals surface area (Å²) in [5.74, 6) is 4.64. The Morgan fingerprint density at radius 1 is 1.11 bits per heavy atom. The smallest absolute Gasteiger partial charge is 0.269 e. The molecule has 37 heavy (non-hydrogen) atoms. The van der Waals surface area contributed by atoms with Crippen LogP contribution in [0.15, 0.2) is 53.4 Å². The number of benzene rings is 2. The lowest BCUT2D eigenvalue weighted by atomic mass is 10.1. The van der Waals surface area contributed by atoms with Crippen LogP contribution in [0.4, 0.5) is 5.69 Å². The maximum atomic E-state index is 12.7. The van der Waals surface area contributed by atoms with Gasteiger partial charge in [-0.3, -0.25) is 24.9 Å². The number of sulfonamides is 1. The van der Waals surface area contributed by atoms with Gasteiger partial charge in [-0.05, 0) is 56.0 Å². The van der Waals surface area contributed by atoms with Crippen molar-refractivity contribution in [3.05, 3.63) is 64.2 Å². The molecule has 12 nitrogen and oxygen atoms in total. The van der Waals surface area contributed by atoms with Gasteiger partial charge in [0.05, 0.1) is 16.2 Å². The second kappa shape index (κ2) is 14.5. The predicted octanol–water partition coefficient (Wildman–Crippen LogP) is 1.68. The normalized spacial score (nSPS) is 11.5. The van der Waals surface area contributed by atoms with Crippen molar-refractivity contribution in [2.75, 3.05) is 13.2 Å². The molecule has 1 atom stereocenters. The first-order valence-electron chi connectivity index (χ1n) is 11.2. The van der Waals surface area contributed by atoms with Gasteiger partial charge in [-0.1, -0.05) is 18.1 Å². The van der Waals surface area contributed by atoms with Crippen LogP contribution >= 0.6 is 0 Å². The van der Waals surface area contributed by atoms with Crippen LogP contribution < -0.4 is 20.3 Å². The topological polar surface area (TPSA) is 177 Å². The van der Waals surface area contributed by atoms with E-state index in [-0.39, 0.29) is 42.5 Å². The number of hydrogen-bond donors (Lipinski definition) is 4. The highest BCUT2D eigenvalue weighted by molar-refractivity contribution is 7.89. The van der Waals surface area contributed by atoms with Crippen LogP contribution in [-0.4, -0.2) is 49.6 Å². The molecule has 0 saturated heterocycles. The van der Waals surface area contributed by atoms with E-state index in [0.717, 1.165) is 0 Å². The van der Waals surface area contributed by atoms with Crippen LogP contribution in [0.1, 0.15) is 31.7 Å². The summed E-state index contributed by atoms with van der Waals surface area (Å²) in [6.45, 7) is 2.11. The van der Waals surface area contributed by atoms with E-state index >= 15 is 0 Å². The Morgan fingerprint density at radius 2 is 1.78 bits per heavy atom. The number of rotatable bonds is 14. The number of nitro benzene ring substituents is 1. The quantitative estimate of drug-likeness (QED) is 0.0933. The fraction of sp³-hybridized carbons (Fsp3) is 0.333. The lowest BCUT2D eigenvalue weighted by molar-refractivity contribution is -0.384. The Bertz CT molecular complexity index is 1240. The lowest BCUT2D eigenvalue weighted by Crippen LogP contribution is -2.45. The predicted molar refractivity (Wildman–Crippen MR) is 133 cm³/mol. The summed E-state index contributed by atoms with van der Waals surface area (Å²) in [4.78, 5) is 34.2. The van der Waals surface area contributed by atoms with E-state index in [0.29, 0.717) is 24.2 Å². The van der Waals surface area contributed by atoms with E-state index < -0.39 is 26.9 Å². The molecule has 2 rings (SSSR count). The minimum absolute atomic E-state index is 0.0448. The summed E-state index contributed by atoms with van der Waals surface area (Å²) in [7, 11) is -4.07. The van der Waals surface area contributed by atoms with Crippen molar-refractivity contribution in [2.45, 2.75) is 43.5 Å². The fourth-order valence-electron chi connectivity index (χ4n) is 3.17. The van der Waals surface area contributed by atoms with E-state index in [9.17, 15) is 28.1 Å². The number of hydrogen-bond acceptors (Lipinski definition) is 8. The molecule has 2 aromatic rings. The van der Waals surface area contributed by atoms with E-state index in [1.807, 2.05) is 0 Å². The molecule has 0 aromatic heterocycles. The van der Waals surface area contributed by atoms with Crippen LogP contribution in [0, 0.1) is 22.0 Å². The molecule has 2 amide bonds. The molecule has 0 saturated carbocycles. The van der Waals surface area contributed by atoms with Crippen LogP contribution in [0.3, 0.4) is 0 Å². The van der Waals surface area contributed by atoms with Crippen molar-refractivity contribution in [3.8, 4) is 17.6 Å². The molecule has 0 fully saturated rings. The molecular formula is C24H28N4O8S. The molecule has 0 aliphatic heterocycles. The number of hydroxylamine groups is 1. The first-order valence-corrected chi connectivity index (χ1v) is 12.7. The number of ether oxygens (including phenoxy) is 1. The van der Waals surface area contributed by atoms with Gasteiger partial charge in [-0.2, -0.15) is 4.72 Å². The molecule has 0 radical (unpaired) electrons. The largest absolute Gasteiger partial charge is 0.481 e. The molecule has 2 aromatic carbocycles. The fourth-order valence-corrected chi connectivity index (χ4v) is 4.40. The van der Waals surface area contributed by atoms with Crippen LogP contribution in [0.2, 0.25) is 0 Å². The SMILES string of the molecule is CC#CCOc1ccc(S(=O)(=O)N[C@H](CCCCNC(=O)Cc2ccc([N+](=O)[O-])cc2)C(=O)NO)cc1. The minimum Gasteiger partial charge on any atom is -0.481 e. The van der Waals surface area contributed by atoms with Gasteiger partial charge >= 0.3 is 0 Å². The Balaban J connectivity index is 1.83. The first-order chi connectivity index (χ1) is 17.7. The molecule has 198 valence electrons. The standard InChI is InChI=1S/C24H28N4O8S/c1-2-3-16-36-20-11-13-21(14-12-20)37(34,35)27-22(24(30)26-31)6-4-5-15-25-23(29)17-18-7-9-19(10-8-18)28(32)33/h7-14,22,27,31H,4-6,15-17H2,1H3,(H,25,29)(H,26,30)/t22-/m1/s1. The average molecular weight is 533 g/mol. The second-order valence-corrected chi connectivity index (χ2v) is 9.50. The third kappa shape index (κ3) is 9.88. The number of nitrogens with zero attached hydrogens (tertiary/aromatic N) is 1. The van der Waals surface area contributed by atoms with E-state index in [1.54, 1.807) is 6.92 Å². The molecule has 0 aliphatic carbocycles. The Labute approximate surface area is 214 Å². The summed E-state index contributed by atoms with van der Waals surface area (Å²) < 4.78 is 33.1. The number of carbonyl (C=O) groups excluding carboxylic acids is 2. The average Bonchev–Trinajstić information content (AvgIpc) is 2.88. The molecule has 4 N–H and O–H groups in total. The zero-order chi connectivity index (χ0) is 27.3. The molecule has 0 unspecified atom stereocenters. The van der Waals surface area contributed by atoms with Crippen LogP contribution in [0.5, 0.6) is 5.75 Å². The van der Waals surface area contributed by atoms with Gasteiger partial charge in [0.1, 0.15) is 18.4 Å². The number of non-ortho nitro benzene ring substituents is 1. The van der Waals surface area contributed by atoms with E-state index in [1.165, 1.54) is 54.0 Å². The number of nitro groups is 1. The molecular weight excluding hydrogens is 504 g/mol. The van der Waals surface area contributed by atoms with E-state index in [2.05, 4.69) is 21.9 Å². The van der Waals surface area contributed by atoms with Gasteiger partial charge in [0.2, 0.25) is 15.9 Å². The monoisotopic (exact) mass is 532 g/mol. The molecule has 13 heteroatoms. The molecule has 0 spiro atoms. The summed E-state index contributed by atoms with van der Waals surface area (Å²) >= 11 is 0. The van der Waals surface area contributed by atoms with Crippen molar-refractivity contribution in [3.63, 3.8) is 0 Å². The Morgan fingerprint density at radius 3 is 2.38 bits per heavy atom. The minimum atomic E-state index is -4.07. The van der Waals surface area contributed by atoms with Gasteiger partial charge < -0.3 is 10.1 Å². The highest BCUT2D eigenvalue weighted by Crippen LogP contribution is 2.17. The second-order valence-electron chi connectivity index (χ2n) is 7.78. The summed E-state index contributed by atoms with van der Waals surface area (Å²) in [5.41, 5.74) is 2.02. The Kier molecular flexibility index (Phi) is 11.5. The zero-order valence-electron chi connectivity index (χ0n) is 20.1. The van der Waals surface area contributed by atoms with Crippen molar-refractivity contribution in [1.82, 2.24) is 15.5 Å². The lowest BCUT2D eigenvalue weighted by Gasteiger charge is -2.17. The van der Waals surface area contributed by atoms with Gasteiger partial charge in [0.25, 0.3) is 11.6 Å². The van der Waals surface area contributed by atoms with Crippen LogP contribution in [-0.2, 0) is 26.0 Å². The van der Waals surface area contributed by atoms with Gasteiger partial charge in [0, 0.05) is 18.7 Å². The number of carbonyl (C=O) groups is 2. The third-order valence-electron chi connectivity index (χ3n) is 5.10.